The highest BCUT2D eigenvalue weighted by Crippen LogP contribution is 2.44. The number of carbonyl (C=O) groups is 1. The fraction of sp³-hybridized carbons (Fsp3) is 0.500. The highest BCUT2D eigenvalue weighted by Gasteiger charge is 2.49. The molecular formula is C14H16ClN3O. The maximum absolute atomic E-state index is 12.8. The van der Waals surface area contributed by atoms with E-state index in [4.69, 9.17) is 11.6 Å². The van der Waals surface area contributed by atoms with Crippen molar-refractivity contribution in [3.8, 4) is 0 Å². The van der Waals surface area contributed by atoms with Gasteiger partial charge in [-0.25, -0.2) is 0 Å². The number of halogens is 1. The molecule has 100 valence electrons. The number of hydrogen-bond donors (Lipinski definition) is 0. The zero-order valence-electron chi connectivity index (χ0n) is 10.9. The molecule has 1 aliphatic heterocycles. The summed E-state index contributed by atoms with van der Waals surface area (Å²) in [4.78, 5) is 16.7. The van der Waals surface area contributed by atoms with Gasteiger partial charge < -0.3 is 0 Å². The van der Waals surface area contributed by atoms with Crippen LogP contribution in [0.15, 0.2) is 23.6 Å². The van der Waals surface area contributed by atoms with E-state index in [9.17, 15) is 4.79 Å². The van der Waals surface area contributed by atoms with Gasteiger partial charge in [0.25, 0.3) is 5.91 Å². The number of hydrazone groups is 1. The molecule has 0 radical (unpaired) electrons. The van der Waals surface area contributed by atoms with Crippen LogP contribution in [-0.4, -0.2) is 16.6 Å². The number of hydrogen-bond acceptors (Lipinski definition) is 3. The maximum Gasteiger partial charge on any atom is 0.259 e. The van der Waals surface area contributed by atoms with Crippen molar-refractivity contribution in [2.45, 2.75) is 39.0 Å². The molecule has 0 unspecified atom stereocenters. The van der Waals surface area contributed by atoms with Gasteiger partial charge >= 0.3 is 0 Å². The minimum atomic E-state index is -0.384. The zero-order valence-corrected chi connectivity index (χ0v) is 11.7. The van der Waals surface area contributed by atoms with Crippen LogP contribution >= 0.6 is 11.6 Å². The molecule has 19 heavy (non-hydrogen) atoms. The predicted octanol–water partition coefficient (Wildman–Crippen LogP) is 3.41. The van der Waals surface area contributed by atoms with Gasteiger partial charge in [0.05, 0.1) is 21.8 Å². The van der Waals surface area contributed by atoms with Gasteiger partial charge in [0.15, 0.2) is 0 Å². The summed E-state index contributed by atoms with van der Waals surface area (Å²) in [5.74, 6) is 0.0674. The van der Waals surface area contributed by atoms with Gasteiger partial charge in [-0.1, -0.05) is 30.9 Å². The molecular weight excluding hydrogens is 262 g/mol. The van der Waals surface area contributed by atoms with E-state index in [1.54, 1.807) is 18.5 Å². The lowest BCUT2D eigenvalue weighted by molar-refractivity contribution is -0.125. The van der Waals surface area contributed by atoms with Crippen molar-refractivity contribution in [1.29, 1.82) is 0 Å². The Morgan fingerprint density at radius 1 is 1.32 bits per heavy atom. The number of nitrogens with zero attached hydrogens (tertiary/aromatic N) is 3. The third-order valence-corrected chi connectivity index (χ3v) is 4.52. The number of rotatable bonds is 1. The largest absolute Gasteiger partial charge is 0.271 e. The maximum atomic E-state index is 12.8. The van der Waals surface area contributed by atoms with E-state index in [-0.39, 0.29) is 11.3 Å². The lowest BCUT2D eigenvalue weighted by atomic mass is 9.71. The van der Waals surface area contributed by atoms with Gasteiger partial charge in [0.2, 0.25) is 0 Å². The number of aromatic nitrogens is 1. The van der Waals surface area contributed by atoms with Gasteiger partial charge in [0, 0.05) is 12.4 Å². The number of anilines is 1. The first-order valence-corrected chi connectivity index (χ1v) is 7.03. The molecule has 2 aliphatic rings. The molecule has 0 bridgehead atoms. The summed E-state index contributed by atoms with van der Waals surface area (Å²) < 4.78 is 0. The molecule has 1 aliphatic carbocycles. The minimum Gasteiger partial charge on any atom is -0.271 e. The van der Waals surface area contributed by atoms with Gasteiger partial charge in [-0.05, 0) is 25.8 Å². The molecule has 5 heteroatoms. The van der Waals surface area contributed by atoms with Crippen LogP contribution in [0.5, 0.6) is 0 Å². The zero-order chi connectivity index (χ0) is 13.5. The lowest BCUT2D eigenvalue weighted by Crippen LogP contribution is -2.40. The van der Waals surface area contributed by atoms with E-state index in [1.807, 2.05) is 6.92 Å². The first kappa shape index (κ1) is 12.6. The van der Waals surface area contributed by atoms with Crippen molar-refractivity contribution in [3.63, 3.8) is 0 Å². The SMILES string of the molecule is CC1=NN(c2ccncc2Cl)C(=O)C12CCCCC2. The van der Waals surface area contributed by atoms with Crippen LogP contribution in [0, 0.1) is 5.41 Å². The third kappa shape index (κ3) is 1.86. The van der Waals surface area contributed by atoms with Crippen LogP contribution in [-0.2, 0) is 4.79 Å². The van der Waals surface area contributed by atoms with Gasteiger partial charge in [-0.15, -0.1) is 0 Å². The van der Waals surface area contributed by atoms with Gasteiger partial charge in [-0.3, -0.25) is 9.78 Å². The van der Waals surface area contributed by atoms with E-state index in [0.29, 0.717) is 10.7 Å². The molecule has 1 fully saturated rings. The quantitative estimate of drug-likeness (QED) is 0.790. The Balaban J connectivity index is 1.99. The van der Waals surface area contributed by atoms with Gasteiger partial charge in [-0.2, -0.15) is 10.1 Å². The first-order valence-electron chi connectivity index (χ1n) is 6.65. The normalized spacial score (nSPS) is 21.9. The van der Waals surface area contributed by atoms with Crippen molar-refractivity contribution < 1.29 is 4.79 Å². The smallest absolute Gasteiger partial charge is 0.259 e. The van der Waals surface area contributed by atoms with E-state index in [1.165, 1.54) is 11.4 Å². The molecule has 1 amide bonds. The van der Waals surface area contributed by atoms with E-state index < -0.39 is 0 Å². The molecule has 0 atom stereocenters. The topological polar surface area (TPSA) is 45.6 Å². The van der Waals surface area contributed by atoms with Gasteiger partial charge in [0.1, 0.15) is 0 Å². The van der Waals surface area contributed by atoms with Crippen LogP contribution in [0.25, 0.3) is 0 Å². The predicted molar refractivity (Wildman–Crippen MR) is 75.4 cm³/mol. The average molecular weight is 278 g/mol. The van der Waals surface area contributed by atoms with E-state index in [2.05, 4.69) is 10.1 Å². The van der Waals surface area contributed by atoms with E-state index in [0.717, 1.165) is 31.4 Å². The Labute approximate surface area is 117 Å². The average Bonchev–Trinajstić information content (AvgIpc) is 2.66. The van der Waals surface area contributed by atoms with Crippen molar-refractivity contribution in [3.05, 3.63) is 23.5 Å². The Bertz CT molecular complexity index is 549. The summed E-state index contributed by atoms with van der Waals surface area (Å²) in [6.45, 7) is 1.96. The summed E-state index contributed by atoms with van der Waals surface area (Å²) in [5.41, 5.74) is 1.17. The molecule has 4 nitrogen and oxygen atoms in total. The number of amides is 1. The fourth-order valence-electron chi connectivity index (χ4n) is 3.08. The second kappa shape index (κ2) is 4.60. The Kier molecular flexibility index (Phi) is 3.05. The summed E-state index contributed by atoms with van der Waals surface area (Å²) in [6.07, 6.45) is 8.37. The number of carbonyl (C=O) groups excluding carboxylic acids is 1. The molecule has 0 saturated heterocycles. The highest BCUT2D eigenvalue weighted by molar-refractivity contribution is 6.34. The molecule has 1 aromatic heterocycles. The van der Waals surface area contributed by atoms with Crippen molar-refractivity contribution >= 4 is 28.9 Å². The molecule has 0 N–H and O–H groups in total. The highest BCUT2D eigenvalue weighted by atomic mass is 35.5. The van der Waals surface area contributed by atoms with Crippen molar-refractivity contribution in [2.75, 3.05) is 5.01 Å². The van der Waals surface area contributed by atoms with Crippen LogP contribution < -0.4 is 5.01 Å². The summed E-state index contributed by atoms with van der Waals surface area (Å²) in [6, 6.07) is 1.73. The summed E-state index contributed by atoms with van der Waals surface area (Å²) in [7, 11) is 0. The van der Waals surface area contributed by atoms with Crippen molar-refractivity contribution in [1.82, 2.24) is 4.98 Å². The molecule has 3 rings (SSSR count). The molecule has 2 heterocycles. The summed E-state index contributed by atoms with van der Waals surface area (Å²) in [5, 5.41) is 6.39. The Morgan fingerprint density at radius 3 is 2.74 bits per heavy atom. The Morgan fingerprint density at radius 2 is 2.05 bits per heavy atom. The monoisotopic (exact) mass is 277 g/mol. The number of pyridine rings is 1. The second-order valence-corrected chi connectivity index (χ2v) is 5.68. The summed E-state index contributed by atoms with van der Waals surface area (Å²) >= 11 is 6.12. The molecule has 1 spiro atoms. The first-order chi connectivity index (χ1) is 9.15. The minimum absolute atomic E-state index is 0.0674. The third-order valence-electron chi connectivity index (χ3n) is 4.23. The van der Waals surface area contributed by atoms with Crippen LogP contribution in [0.4, 0.5) is 5.69 Å². The molecule has 1 saturated carbocycles. The van der Waals surface area contributed by atoms with Crippen molar-refractivity contribution in [2.24, 2.45) is 10.5 Å². The van der Waals surface area contributed by atoms with E-state index >= 15 is 0 Å². The van der Waals surface area contributed by atoms with Crippen LogP contribution in [0.3, 0.4) is 0 Å². The lowest BCUT2D eigenvalue weighted by Gasteiger charge is -2.31. The standard InChI is InChI=1S/C14H16ClN3O/c1-10-14(6-3-2-4-7-14)13(19)18(17-10)12-5-8-16-9-11(12)15/h5,8-9H,2-4,6-7H2,1H3. The van der Waals surface area contributed by atoms with Crippen LogP contribution in [0.1, 0.15) is 39.0 Å². The Hall–Kier alpha value is -1.42. The fourth-order valence-corrected chi connectivity index (χ4v) is 3.28. The molecule has 1 aromatic rings. The van der Waals surface area contributed by atoms with Crippen LogP contribution in [0.2, 0.25) is 5.02 Å². The second-order valence-electron chi connectivity index (χ2n) is 5.27. The molecule has 0 aromatic carbocycles.